The Bertz CT molecular complexity index is 665. The van der Waals surface area contributed by atoms with Crippen molar-refractivity contribution in [3.05, 3.63) is 33.4 Å². The summed E-state index contributed by atoms with van der Waals surface area (Å²) in [7, 11) is 0. The van der Waals surface area contributed by atoms with Crippen LogP contribution in [-0.4, -0.2) is 23.5 Å². The molecule has 1 aliphatic rings. The normalized spacial score (nSPS) is 19.7. The summed E-state index contributed by atoms with van der Waals surface area (Å²) in [4.78, 5) is 35.8. The van der Waals surface area contributed by atoms with Gasteiger partial charge < -0.3 is 0 Å². The Morgan fingerprint density at radius 1 is 1.04 bits per heavy atom. The van der Waals surface area contributed by atoms with Crippen LogP contribution in [0.4, 0.5) is 0 Å². The zero-order valence-corrected chi connectivity index (χ0v) is 15.7. The second-order valence-corrected chi connectivity index (χ2v) is 12.7. The minimum absolute atomic E-state index is 0.161. The van der Waals surface area contributed by atoms with E-state index in [-0.39, 0.29) is 9.13 Å². The van der Waals surface area contributed by atoms with E-state index in [2.05, 4.69) is 0 Å². The minimum atomic E-state index is -5.77. The summed E-state index contributed by atoms with van der Waals surface area (Å²) in [5.41, 5.74) is -0.745. The van der Waals surface area contributed by atoms with Crippen molar-refractivity contribution in [1.29, 1.82) is 0 Å². The van der Waals surface area contributed by atoms with E-state index in [1.165, 1.54) is 12.1 Å². The van der Waals surface area contributed by atoms with E-state index in [4.69, 9.17) is 12.3 Å². The molecule has 8 heteroatoms. The van der Waals surface area contributed by atoms with E-state index >= 15 is 0 Å². The van der Waals surface area contributed by atoms with Gasteiger partial charge in [-0.2, -0.15) is 0 Å². The van der Waals surface area contributed by atoms with Gasteiger partial charge in [0.15, 0.2) is 0 Å². The molecule has 2 rings (SSSR count). The van der Waals surface area contributed by atoms with E-state index in [1.54, 1.807) is 32.9 Å². The Morgan fingerprint density at radius 3 is 2.04 bits per heavy atom. The van der Waals surface area contributed by atoms with Crippen molar-refractivity contribution >= 4 is 36.6 Å². The van der Waals surface area contributed by atoms with E-state index in [9.17, 15) is 14.4 Å². The van der Waals surface area contributed by atoms with E-state index in [1.807, 2.05) is 0 Å². The fourth-order valence-electron chi connectivity index (χ4n) is 2.09. The molecular weight excluding hydrogens is 419 g/mol. The molecule has 128 valence electrons. The van der Waals surface area contributed by atoms with Gasteiger partial charge in [0, 0.05) is 0 Å². The molecule has 0 unspecified atom stereocenters. The molecule has 23 heavy (non-hydrogen) atoms. The first kappa shape index (κ1) is 17.7. The van der Waals surface area contributed by atoms with Crippen LogP contribution in [0.2, 0.25) is 0 Å². The van der Waals surface area contributed by atoms with E-state index in [0.29, 0.717) is 0 Å². The van der Waals surface area contributed by atoms with Crippen LogP contribution in [0.5, 0.6) is 0 Å². The molecule has 0 saturated carbocycles. The van der Waals surface area contributed by atoms with Crippen LogP contribution in [0.15, 0.2) is 24.3 Å². The first-order valence-corrected chi connectivity index (χ1v) is 11.4. The van der Waals surface area contributed by atoms with Crippen LogP contribution in [0.3, 0.4) is 0 Å². The number of carbonyl (C=O) groups excluding carboxylic acids is 3. The molecule has 1 aliphatic heterocycles. The van der Waals surface area contributed by atoms with Gasteiger partial charge in [-0.15, -0.1) is 0 Å². The van der Waals surface area contributed by atoms with Crippen molar-refractivity contribution in [1.82, 2.24) is 0 Å². The summed E-state index contributed by atoms with van der Waals surface area (Å²) in [6.07, 6.45) is 0. The number of hydrogen-bond acceptors (Lipinski definition) is 7. The molecule has 0 amide bonds. The van der Waals surface area contributed by atoms with E-state index < -0.39 is 42.2 Å². The zero-order valence-electron chi connectivity index (χ0n) is 13.5. The number of rotatable bonds is 3. The van der Waals surface area contributed by atoms with Crippen LogP contribution in [0.25, 0.3) is 0 Å². The van der Waals surface area contributed by atoms with Crippen molar-refractivity contribution in [2.45, 2.75) is 40.2 Å². The number of halogens is 1. The van der Waals surface area contributed by atoms with Gasteiger partial charge in [0.05, 0.1) is 0 Å². The van der Waals surface area contributed by atoms with Crippen LogP contribution in [-0.2, 0) is 21.9 Å². The molecule has 0 aromatic heterocycles. The number of benzene rings is 1. The van der Waals surface area contributed by atoms with Gasteiger partial charge in [0.2, 0.25) is 0 Å². The molecule has 0 N–H and O–H groups in total. The molecule has 0 bridgehead atoms. The fourth-order valence-corrected chi connectivity index (χ4v) is 11.1. The number of carbonyl (C=O) groups is 3. The third kappa shape index (κ3) is 3.18. The molecule has 1 aromatic rings. The summed E-state index contributed by atoms with van der Waals surface area (Å²) in [5, 5.41) is 0. The second-order valence-electron chi connectivity index (χ2n) is 5.86. The maximum atomic E-state index is 12.3. The summed E-state index contributed by atoms with van der Waals surface area (Å²) in [5.74, 6) is -2.29. The Hall–Kier alpha value is -1.68. The molecule has 0 radical (unpaired) electrons. The van der Waals surface area contributed by atoms with Gasteiger partial charge in [-0.3, -0.25) is 0 Å². The maximum absolute atomic E-state index is 12.3. The average molecular weight is 438 g/mol. The molecule has 0 atom stereocenters. The van der Waals surface area contributed by atoms with Crippen molar-refractivity contribution < 1.29 is 26.6 Å². The molecule has 1 heterocycles. The SMILES string of the molecule is CC(=O)OI1(OC(C)=O)(OC(C)(C)C)OC(=O)c2ccccc21. The Kier molecular flexibility index (Phi) is 4.18. The number of fused-ring (bicyclic) bond motifs is 1. The Balaban J connectivity index is 2.81. The molecule has 0 fully saturated rings. The van der Waals surface area contributed by atoms with Crippen molar-refractivity contribution in [3.63, 3.8) is 0 Å². The topological polar surface area (TPSA) is 88.1 Å². The molecular formula is C15H19IO7. The van der Waals surface area contributed by atoms with E-state index in [0.717, 1.165) is 13.8 Å². The first-order valence-electron chi connectivity index (χ1n) is 6.81. The third-order valence-electron chi connectivity index (χ3n) is 2.48. The van der Waals surface area contributed by atoms with Crippen molar-refractivity contribution in [2.24, 2.45) is 0 Å². The molecule has 0 spiro atoms. The van der Waals surface area contributed by atoms with Gasteiger partial charge in [0.1, 0.15) is 0 Å². The fraction of sp³-hybridized carbons (Fsp3) is 0.400. The van der Waals surface area contributed by atoms with Crippen molar-refractivity contribution in [2.75, 3.05) is 0 Å². The van der Waals surface area contributed by atoms with Gasteiger partial charge in [-0.05, 0) is 0 Å². The van der Waals surface area contributed by atoms with Gasteiger partial charge >= 0.3 is 137 Å². The van der Waals surface area contributed by atoms with Gasteiger partial charge in [-0.25, -0.2) is 0 Å². The van der Waals surface area contributed by atoms with Gasteiger partial charge in [0.25, 0.3) is 0 Å². The molecule has 1 aromatic carbocycles. The Labute approximate surface area is 137 Å². The third-order valence-corrected chi connectivity index (χ3v) is 11.3. The summed E-state index contributed by atoms with van der Waals surface area (Å²) in [6, 6.07) is 6.28. The van der Waals surface area contributed by atoms with Crippen LogP contribution >= 0.6 is 18.7 Å². The summed E-state index contributed by atoms with van der Waals surface area (Å²) < 4.78 is 22.4. The monoisotopic (exact) mass is 438 g/mol. The van der Waals surface area contributed by atoms with Gasteiger partial charge in [-0.1, -0.05) is 0 Å². The molecule has 7 nitrogen and oxygen atoms in total. The molecule has 0 saturated heterocycles. The summed E-state index contributed by atoms with van der Waals surface area (Å²) in [6.45, 7) is 7.33. The van der Waals surface area contributed by atoms with Crippen LogP contribution in [0, 0.1) is 3.57 Å². The standard InChI is InChI=1S/C15H19IO7/c1-10(17)20-16(21-11(2)18,23-15(3,4)5)13-9-7-6-8-12(13)14(19)22-16/h6-9H,1-5H3. The van der Waals surface area contributed by atoms with Crippen LogP contribution in [0.1, 0.15) is 45.0 Å². The zero-order chi connectivity index (χ0) is 17.5. The van der Waals surface area contributed by atoms with Crippen LogP contribution < -0.4 is 0 Å². The number of hydrogen-bond donors (Lipinski definition) is 0. The van der Waals surface area contributed by atoms with Crippen molar-refractivity contribution in [3.8, 4) is 0 Å². The molecule has 0 aliphatic carbocycles. The predicted molar refractivity (Wildman–Crippen MR) is 88.9 cm³/mol. The summed E-state index contributed by atoms with van der Waals surface area (Å²) >= 11 is -5.77. The first-order chi connectivity index (χ1) is 10.5. The predicted octanol–water partition coefficient (Wildman–Crippen LogP) is 3.21. The second kappa shape index (κ2) is 5.45. The average Bonchev–Trinajstić information content (AvgIpc) is 2.56. The quantitative estimate of drug-likeness (QED) is 0.670. The Morgan fingerprint density at radius 2 is 1.57 bits per heavy atom.